The van der Waals surface area contributed by atoms with Crippen molar-refractivity contribution in [2.75, 3.05) is 46.2 Å². The quantitative estimate of drug-likeness (QED) is 0.593. The van der Waals surface area contributed by atoms with E-state index in [0.717, 1.165) is 17.9 Å². The summed E-state index contributed by atoms with van der Waals surface area (Å²) in [5, 5.41) is 0. The van der Waals surface area contributed by atoms with E-state index in [2.05, 4.69) is 0 Å². The minimum absolute atomic E-state index is 0.549. The lowest BCUT2D eigenvalue weighted by molar-refractivity contribution is 0.0462. The number of hydrogen-bond acceptors (Lipinski definition) is 5. The van der Waals surface area contributed by atoms with Crippen molar-refractivity contribution in [3.05, 3.63) is 24.3 Å². The van der Waals surface area contributed by atoms with Crippen molar-refractivity contribution >= 4 is 0 Å². The molecule has 0 amide bonds. The molecule has 0 spiro atoms. The number of para-hydroxylation sites is 2. The molecule has 0 saturated carbocycles. The van der Waals surface area contributed by atoms with Crippen LogP contribution in [0.25, 0.3) is 0 Å². The van der Waals surface area contributed by atoms with Gasteiger partial charge in [0.2, 0.25) is 0 Å². The van der Waals surface area contributed by atoms with E-state index in [9.17, 15) is 0 Å². The van der Waals surface area contributed by atoms with Gasteiger partial charge < -0.3 is 24.7 Å². The van der Waals surface area contributed by atoms with Gasteiger partial charge in [-0.15, -0.1) is 0 Å². The summed E-state index contributed by atoms with van der Waals surface area (Å²) in [6, 6.07) is 7.68. The van der Waals surface area contributed by atoms with E-state index < -0.39 is 0 Å². The van der Waals surface area contributed by atoms with Gasteiger partial charge in [-0.1, -0.05) is 12.1 Å². The first-order valence-electron chi connectivity index (χ1n) is 7.08. The molecule has 0 aliphatic rings. The Hall–Kier alpha value is -1.30. The Balaban J connectivity index is 2.06. The fraction of sp³-hybridized carbons (Fsp3) is 0.600. The van der Waals surface area contributed by atoms with Crippen LogP contribution in [0.1, 0.15) is 13.3 Å². The molecule has 1 rings (SSSR count). The van der Waals surface area contributed by atoms with Crippen LogP contribution < -0.4 is 15.2 Å². The van der Waals surface area contributed by atoms with Gasteiger partial charge in [0.25, 0.3) is 0 Å². The summed E-state index contributed by atoms with van der Waals surface area (Å²) in [5.41, 5.74) is 5.31. The van der Waals surface area contributed by atoms with Gasteiger partial charge in [0.1, 0.15) is 0 Å². The highest BCUT2D eigenvalue weighted by molar-refractivity contribution is 5.39. The molecule has 0 fully saturated rings. The summed E-state index contributed by atoms with van der Waals surface area (Å²) in [5.74, 6) is 1.56. The van der Waals surface area contributed by atoms with Crippen molar-refractivity contribution in [1.82, 2.24) is 0 Å². The smallest absolute Gasteiger partial charge is 0.161 e. The van der Waals surface area contributed by atoms with Gasteiger partial charge in [0.15, 0.2) is 11.5 Å². The second kappa shape index (κ2) is 11.5. The highest BCUT2D eigenvalue weighted by atomic mass is 16.5. The molecule has 0 saturated heterocycles. The maximum Gasteiger partial charge on any atom is 0.161 e. The van der Waals surface area contributed by atoms with E-state index in [1.54, 1.807) is 0 Å². The predicted octanol–water partition coefficient (Wildman–Crippen LogP) is 1.85. The first-order valence-corrected chi connectivity index (χ1v) is 7.08. The molecule has 0 aliphatic heterocycles. The van der Waals surface area contributed by atoms with Crippen molar-refractivity contribution in [1.29, 1.82) is 0 Å². The lowest BCUT2D eigenvalue weighted by Crippen LogP contribution is -2.13. The Kier molecular flexibility index (Phi) is 9.65. The summed E-state index contributed by atoms with van der Waals surface area (Å²) in [6.45, 7) is 6.16. The van der Waals surface area contributed by atoms with Crippen LogP contribution in [0.3, 0.4) is 0 Å². The van der Waals surface area contributed by atoms with Gasteiger partial charge in [-0.2, -0.15) is 0 Å². The normalized spacial score (nSPS) is 10.5. The van der Waals surface area contributed by atoms with Gasteiger partial charge in [-0.05, 0) is 19.1 Å². The molecule has 20 heavy (non-hydrogen) atoms. The second-order valence-electron chi connectivity index (χ2n) is 4.10. The molecule has 0 unspecified atom stereocenters. The zero-order chi connectivity index (χ0) is 14.5. The SMILES string of the molecule is CCOc1ccccc1OCCCOCCOCCN. The fourth-order valence-corrected chi connectivity index (χ4v) is 1.59. The third kappa shape index (κ3) is 7.33. The molecule has 1 aromatic carbocycles. The van der Waals surface area contributed by atoms with E-state index >= 15 is 0 Å². The third-order valence-corrected chi connectivity index (χ3v) is 2.47. The zero-order valence-electron chi connectivity index (χ0n) is 12.2. The Labute approximate surface area is 121 Å². The van der Waals surface area contributed by atoms with Crippen LogP contribution in [-0.2, 0) is 9.47 Å². The van der Waals surface area contributed by atoms with Crippen LogP contribution in [0, 0.1) is 0 Å². The van der Waals surface area contributed by atoms with Crippen LogP contribution >= 0.6 is 0 Å². The summed E-state index contributed by atoms with van der Waals surface area (Å²) in [7, 11) is 0. The number of ether oxygens (including phenoxy) is 4. The minimum atomic E-state index is 0.549. The highest BCUT2D eigenvalue weighted by Gasteiger charge is 2.02. The molecular formula is C15H25NO4. The molecule has 0 aliphatic carbocycles. The lowest BCUT2D eigenvalue weighted by Gasteiger charge is -2.11. The Morgan fingerprint density at radius 2 is 1.50 bits per heavy atom. The molecule has 114 valence electrons. The van der Waals surface area contributed by atoms with Gasteiger partial charge in [0, 0.05) is 19.6 Å². The number of hydrogen-bond donors (Lipinski definition) is 1. The Bertz CT molecular complexity index is 346. The van der Waals surface area contributed by atoms with E-state index in [0.29, 0.717) is 46.2 Å². The van der Waals surface area contributed by atoms with Gasteiger partial charge in [0.05, 0.1) is 33.0 Å². The monoisotopic (exact) mass is 283 g/mol. The van der Waals surface area contributed by atoms with E-state index in [1.807, 2.05) is 31.2 Å². The topological polar surface area (TPSA) is 62.9 Å². The fourth-order valence-electron chi connectivity index (χ4n) is 1.59. The van der Waals surface area contributed by atoms with Crippen molar-refractivity contribution in [2.45, 2.75) is 13.3 Å². The molecule has 0 radical (unpaired) electrons. The van der Waals surface area contributed by atoms with Gasteiger partial charge in [-0.25, -0.2) is 0 Å². The molecule has 5 heteroatoms. The van der Waals surface area contributed by atoms with Crippen LogP contribution in [-0.4, -0.2) is 46.2 Å². The van der Waals surface area contributed by atoms with Crippen molar-refractivity contribution in [3.63, 3.8) is 0 Å². The number of rotatable bonds is 12. The number of nitrogens with two attached hydrogens (primary N) is 1. The summed E-state index contributed by atoms with van der Waals surface area (Å²) < 4.78 is 21.8. The molecule has 5 nitrogen and oxygen atoms in total. The lowest BCUT2D eigenvalue weighted by atomic mass is 10.3. The van der Waals surface area contributed by atoms with E-state index in [1.165, 1.54) is 0 Å². The highest BCUT2D eigenvalue weighted by Crippen LogP contribution is 2.26. The first kappa shape index (κ1) is 16.8. The average Bonchev–Trinajstić information content (AvgIpc) is 2.47. The standard InChI is InChI=1S/C15H25NO4/c1-2-19-14-6-3-4-7-15(14)20-10-5-9-17-12-13-18-11-8-16/h3-4,6-7H,2,5,8-13,16H2,1H3. The summed E-state index contributed by atoms with van der Waals surface area (Å²) >= 11 is 0. The largest absolute Gasteiger partial charge is 0.490 e. The maximum atomic E-state index is 5.68. The van der Waals surface area contributed by atoms with Crippen molar-refractivity contribution in [3.8, 4) is 11.5 Å². The Morgan fingerprint density at radius 3 is 2.15 bits per heavy atom. The molecule has 0 heterocycles. The van der Waals surface area contributed by atoms with Crippen LogP contribution in [0.5, 0.6) is 11.5 Å². The molecule has 2 N–H and O–H groups in total. The van der Waals surface area contributed by atoms with Crippen LogP contribution in [0.15, 0.2) is 24.3 Å². The van der Waals surface area contributed by atoms with Crippen molar-refractivity contribution < 1.29 is 18.9 Å². The zero-order valence-corrected chi connectivity index (χ0v) is 12.2. The molecular weight excluding hydrogens is 258 g/mol. The first-order chi connectivity index (χ1) is 9.88. The van der Waals surface area contributed by atoms with Crippen LogP contribution in [0.2, 0.25) is 0 Å². The second-order valence-corrected chi connectivity index (χ2v) is 4.10. The predicted molar refractivity (Wildman–Crippen MR) is 78.4 cm³/mol. The van der Waals surface area contributed by atoms with Crippen LogP contribution in [0.4, 0.5) is 0 Å². The molecule has 0 bridgehead atoms. The van der Waals surface area contributed by atoms with Gasteiger partial charge in [-0.3, -0.25) is 0 Å². The van der Waals surface area contributed by atoms with E-state index in [-0.39, 0.29) is 0 Å². The molecule has 1 aromatic rings. The van der Waals surface area contributed by atoms with E-state index in [4.69, 9.17) is 24.7 Å². The summed E-state index contributed by atoms with van der Waals surface area (Å²) in [4.78, 5) is 0. The minimum Gasteiger partial charge on any atom is -0.490 e. The van der Waals surface area contributed by atoms with Gasteiger partial charge >= 0.3 is 0 Å². The summed E-state index contributed by atoms with van der Waals surface area (Å²) in [6.07, 6.45) is 0.831. The molecule has 0 atom stereocenters. The molecule has 0 aromatic heterocycles. The number of benzene rings is 1. The average molecular weight is 283 g/mol. The van der Waals surface area contributed by atoms with Crippen molar-refractivity contribution in [2.24, 2.45) is 5.73 Å². The third-order valence-electron chi connectivity index (χ3n) is 2.47. The Morgan fingerprint density at radius 1 is 0.850 bits per heavy atom. The maximum absolute atomic E-state index is 5.68.